The predicted octanol–water partition coefficient (Wildman–Crippen LogP) is 2.44. The minimum absolute atomic E-state index is 0.0565. The highest BCUT2D eigenvalue weighted by Gasteiger charge is 2.27. The zero-order valence-electron chi connectivity index (χ0n) is 12.0. The Hall–Kier alpha value is -2.41. The summed E-state index contributed by atoms with van der Waals surface area (Å²) < 4.78 is 43.9. The van der Waals surface area contributed by atoms with E-state index >= 15 is 0 Å². The van der Waals surface area contributed by atoms with E-state index in [1.54, 1.807) is 6.07 Å². The highest BCUT2D eigenvalue weighted by atomic mass is 32.2. The van der Waals surface area contributed by atoms with Crippen molar-refractivity contribution >= 4 is 21.7 Å². The van der Waals surface area contributed by atoms with Gasteiger partial charge in [-0.15, -0.1) is 0 Å². The molecule has 0 aliphatic rings. The molecule has 0 bridgehead atoms. The number of anilines is 1. The van der Waals surface area contributed by atoms with Gasteiger partial charge in [-0.2, -0.15) is 0 Å². The number of hydrogen-bond donors (Lipinski definition) is 0. The lowest BCUT2D eigenvalue weighted by atomic mass is 10.2. The maximum Gasteiger partial charge on any atom is 0.339 e. The number of benzene rings is 2. The van der Waals surface area contributed by atoms with Crippen LogP contribution in [0, 0.1) is 5.82 Å². The number of rotatable bonds is 4. The first kappa shape index (κ1) is 16.0. The molecule has 0 amide bonds. The van der Waals surface area contributed by atoms with Crippen molar-refractivity contribution in [3.05, 3.63) is 59.9 Å². The van der Waals surface area contributed by atoms with Crippen molar-refractivity contribution in [3.63, 3.8) is 0 Å². The number of nitrogens with zero attached hydrogens (tertiary/aromatic N) is 1. The van der Waals surface area contributed by atoms with Crippen LogP contribution in [-0.2, 0) is 14.8 Å². The first-order chi connectivity index (χ1) is 10.4. The van der Waals surface area contributed by atoms with Crippen molar-refractivity contribution in [1.29, 1.82) is 0 Å². The molecular weight excluding hydrogens is 309 g/mol. The third kappa shape index (κ3) is 2.94. The molecule has 2 aromatic carbocycles. The van der Waals surface area contributed by atoms with Crippen molar-refractivity contribution in [3.8, 4) is 0 Å². The summed E-state index contributed by atoms with van der Waals surface area (Å²) in [5, 5.41) is 0. The Balaban J connectivity index is 2.51. The number of methoxy groups -OCH3 is 1. The summed E-state index contributed by atoms with van der Waals surface area (Å²) in [7, 11) is -1.47. The maximum atomic E-state index is 13.0. The van der Waals surface area contributed by atoms with Crippen LogP contribution in [0.5, 0.6) is 0 Å². The van der Waals surface area contributed by atoms with Crippen molar-refractivity contribution in [2.24, 2.45) is 0 Å². The highest BCUT2D eigenvalue weighted by molar-refractivity contribution is 7.92. The van der Waals surface area contributed by atoms with E-state index in [4.69, 9.17) is 0 Å². The van der Waals surface area contributed by atoms with Gasteiger partial charge in [0.15, 0.2) is 0 Å². The Morgan fingerprint density at radius 1 is 1.09 bits per heavy atom. The molecule has 116 valence electrons. The molecule has 0 unspecified atom stereocenters. The Bertz CT molecular complexity index is 787. The van der Waals surface area contributed by atoms with Gasteiger partial charge >= 0.3 is 5.97 Å². The molecule has 2 aromatic rings. The molecule has 0 saturated carbocycles. The maximum absolute atomic E-state index is 13.0. The van der Waals surface area contributed by atoms with Crippen LogP contribution in [0.1, 0.15) is 10.4 Å². The number of carbonyl (C=O) groups excluding carboxylic acids is 1. The van der Waals surface area contributed by atoms with Gasteiger partial charge in [0.2, 0.25) is 0 Å². The zero-order chi connectivity index (χ0) is 16.3. The Morgan fingerprint density at radius 2 is 1.68 bits per heavy atom. The summed E-state index contributed by atoms with van der Waals surface area (Å²) in [5.74, 6) is -1.21. The lowest BCUT2D eigenvalue weighted by Gasteiger charge is -2.20. The van der Waals surface area contributed by atoms with Crippen molar-refractivity contribution in [1.82, 2.24) is 0 Å². The fraction of sp³-hybridized carbons (Fsp3) is 0.133. The molecule has 2 rings (SSSR count). The third-order valence-corrected chi connectivity index (χ3v) is 4.96. The first-order valence-electron chi connectivity index (χ1n) is 6.30. The number of carbonyl (C=O) groups is 1. The average Bonchev–Trinajstić information content (AvgIpc) is 2.54. The van der Waals surface area contributed by atoms with Crippen LogP contribution < -0.4 is 4.31 Å². The van der Waals surface area contributed by atoms with Crippen LogP contribution in [0.3, 0.4) is 0 Å². The molecule has 0 saturated heterocycles. The molecule has 0 atom stereocenters. The number of esters is 1. The van der Waals surface area contributed by atoms with Gasteiger partial charge in [-0.1, -0.05) is 12.1 Å². The van der Waals surface area contributed by atoms with E-state index in [9.17, 15) is 17.6 Å². The van der Waals surface area contributed by atoms with Gasteiger partial charge in [-0.3, -0.25) is 4.31 Å². The quantitative estimate of drug-likeness (QED) is 0.811. The van der Waals surface area contributed by atoms with Gasteiger partial charge < -0.3 is 4.74 Å². The summed E-state index contributed by atoms with van der Waals surface area (Å²) in [5.41, 5.74) is 0.222. The fourth-order valence-electron chi connectivity index (χ4n) is 1.91. The minimum Gasteiger partial charge on any atom is -0.465 e. The van der Waals surface area contributed by atoms with Crippen LogP contribution in [0.15, 0.2) is 53.4 Å². The van der Waals surface area contributed by atoms with Crippen LogP contribution in [0.4, 0.5) is 10.1 Å². The summed E-state index contributed by atoms with van der Waals surface area (Å²) in [4.78, 5) is 11.6. The van der Waals surface area contributed by atoms with Gasteiger partial charge in [-0.25, -0.2) is 17.6 Å². The van der Waals surface area contributed by atoms with Crippen molar-refractivity contribution < 1.29 is 22.3 Å². The van der Waals surface area contributed by atoms with E-state index in [1.165, 1.54) is 44.5 Å². The second-order valence-corrected chi connectivity index (χ2v) is 6.37. The second kappa shape index (κ2) is 6.15. The number of ether oxygens (including phenoxy) is 1. The Labute approximate surface area is 128 Å². The molecule has 0 radical (unpaired) electrons. The number of hydrogen-bond acceptors (Lipinski definition) is 4. The Kier molecular flexibility index (Phi) is 4.46. The van der Waals surface area contributed by atoms with E-state index in [1.807, 2.05) is 0 Å². The van der Waals surface area contributed by atoms with Crippen LogP contribution >= 0.6 is 0 Å². The topological polar surface area (TPSA) is 63.7 Å². The predicted molar refractivity (Wildman–Crippen MR) is 79.8 cm³/mol. The third-order valence-electron chi connectivity index (χ3n) is 3.12. The summed E-state index contributed by atoms with van der Waals surface area (Å²) in [6, 6.07) is 10.8. The molecule has 0 N–H and O–H groups in total. The molecule has 0 heterocycles. The largest absolute Gasteiger partial charge is 0.465 e. The molecule has 0 aromatic heterocycles. The fourth-order valence-corrected chi connectivity index (χ4v) is 3.28. The average molecular weight is 323 g/mol. The second-order valence-electron chi connectivity index (χ2n) is 4.44. The lowest BCUT2D eigenvalue weighted by Crippen LogP contribution is -2.28. The molecule has 0 aliphatic heterocycles. The summed E-state index contributed by atoms with van der Waals surface area (Å²) in [6.45, 7) is 0. The minimum atomic E-state index is -3.98. The molecular formula is C15H14FNO4S. The molecule has 0 spiro atoms. The summed E-state index contributed by atoms with van der Waals surface area (Å²) in [6.07, 6.45) is 0. The van der Waals surface area contributed by atoms with E-state index in [2.05, 4.69) is 4.74 Å². The SMILES string of the molecule is COC(=O)c1ccccc1S(=O)(=O)N(C)c1ccc(F)cc1. The number of sulfonamides is 1. The van der Waals surface area contributed by atoms with Crippen LogP contribution in [0.2, 0.25) is 0 Å². The normalized spacial score (nSPS) is 11.0. The highest BCUT2D eigenvalue weighted by Crippen LogP contribution is 2.25. The molecule has 22 heavy (non-hydrogen) atoms. The van der Waals surface area contributed by atoms with Crippen molar-refractivity contribution in [2.45, 2.75) is 4.90 Å². The van der Waals surface area contributed by atoms with E-state index in [-0.39, 0.29) is 16.1 Å². The molecule has 0 fully saturated rings. The molecule has 0 aliphatic carbocycles. The van der Waals surface area contributed by atoms with Gasteiger partial charge in [-0.05, 0) is 36.4 Å². The van der Waals surface area contributed by atoms with Crippen LogP contribution in [0.25, 0.3) is 0 Å². The summed E-state index contributed by atoms with van der Waals surface area (Å²) >= 11 is 0. The van der Waals surface area contributed by atoms with E-state index in [0.29, 0.717) is 0 Å². The van der Waals surface area contributed by atoms with Crippen LogP contribution in [-0.4, -0.2) is 28.5 Å². The molecule has 5 nitrogen and oxygen atoms in total. The monoisotopic (exact) mass is 323 g/mol. The number of halogens is 1. The van der Waals surface area contributed by atoms with Gasteiger partial charge in [0.1, 0.15) is 10.7 Å². The molecule has 7 heteroatoms. The van der Waals surface area contributed by atoms with Gasteiger partial charge in [0.05, 0.1) is 18.4 Å². The standard InChI is InChI=1S/C15H14FNO4S/c1-17(12-9-7-11(16)8-10-12)22(19,20)14-6-4-3-5-13(14)15(18)21-2/h3-10H,1-2H3. The Morgan fingerprint density at radius 3 is 2.27 bits per heavy atom. The van der Waals surface area contributed by atoms with E-state index < -0.39 is 21.8 Å². The smallest absolute Gasteiger partial charge is 0.339 e. The van der Waals surface area contributed by atoms with Crippen molar-refractivity contribution in [2.75, 3.05) is 18.5 Å². The van der Waals surface area contributed by atoms with E-state index in [0.717, 1.165) is 16.4 Å². The lowest BCUT2D eigenvalue weighted by molar-refractivity contribution is 0.0596. The zero-order valence-corrected chi connectivity index (χ0v) is 12.8. The van der Waals surface area contributed by atoms with Gasteiger partial charge in [0, 0.05) is 7.05 Å². The van der Waals surface area contributed by atoms with Gasteiger partial charge in [0.25, 0.3) is 10.0 Å². The first-order valence-corrected chi connectivity index (χ1v) is 7.74.